The Kier molecular flexibility index (Phi) is 5.76. The molecule has 0 unspecified atom stereocenters. The summed E-state index contributed by atoms with van der Waals surface area (Å²) in [6.45, 7) is 2.28. The van der Waals surface area contributed by atoms with Crippen LogP contribution >= 0.6 is 15.9 Å². The Morgan fingerprint density at radius 3 is 2.69 bits per heavy atom. The summed E-state index contributed by atoms with van der Waals surface area (Å²) in [4.78, 5) is 12.0. The molecule has 4 rings (SSSR count). The molecule has 0 aliphatic heterocycles. The summed E-state index contributed by atoms with van der Waals surface area (Å²) in [5, 5.41) is 9.06. The fourth-order valence-electron chi connectivity index (χ4n) is 2.91. The number of fused-ring (bicyclic) bond motifs is 1. The van der Waals surface area contributed by atoms with Gasteiger partial charge in [0.15, 0.2) is 0 Å². The van der Waals surface area contributed by atoms with Gasteiger partial charge in [-0.25, -0.2) is 0 Å². The van der Waals surface area contributed by atoms with E-state index in [1.54, 1.807) is 0 Å². The highest BCUT2D eigenvalue weighted by Gasteiger charge is 2.12. The fourth-order valence-corrected chi connectivity index (χ4v) is 3.29. The van der Waals surface area contributed by atoms with Gasteiger partial charge in [-0.05, 0) is 43.3 Å². The molecule has 6 nitrogen and oxygen atoms in total. The average Bonchev–Trinajstić information content (AvgIpc) is 3.33. The molecule has 0 saturated heterocycles. The van der Waals surface area contributed by atoms with Gasteiger partial charge in [0.05, 0.1) is 13.0 Å². The highest BCUT2D eigenvalue weighted by Crippen LogP contribution is 2.23. The molecule has 0 atom stereocenters. The number of hydrogen-bond acceptors (Lipinski definition) is 6. The predicted molar refractivity (Wildman–Crippen MR) is 111 cm³/mol. The van der Waals surface area contributed by atoms with E-state index in [1.807, 2.05) is 55.5 Å². The first-order chi connectivity index (χ1) is 14.1. The van der Waals surface area contributed by atoms with Crippen molar-refractivity contribution >= 4 is 32.9 Å². The number of furan rings is 1. The van der Waals surface area contributed by atoms with Crippen LogP contribution in [0, 0.1) is 6.92 Å². The summed E-state index contributed by atoms with van der Waals surface area (Å²) in [5.74, 6) is 1.34. The van der Waals surface area contributed by atoms with E-state index in [0.717, 1.165) is 32.3 Å². The van der Waals surface area contributed by atoms with Gasteiger partial charge < -0.3 is 13.6 Å². The van der Waals surface area contributed by atoms with Crippen LogP contribution in [-0.4, -0.2) is 22.8 Å². The van der Waals surface area contributed by atoms with Crippen molar-refractivity contribution in [2.24, 2.45) is 0 Å². The number of benzene rings is 2. The number of carbonyl (C=O) groups is 1. The summed E-state index contributed by atoms with van der Waals surface area (Å²) in [5.41, 5.74) is 2.83. The molecule has 0 fully saturated rings. The van der Waals surface area contributed by atoms with Crippen LogP contribution < -0.4 is 0 Å². The van der Waals surface area contributed by atoms with Crippen LogP contribution in [0.25, 0.3) is 22.4 Å². The van der Waals surface area contributed by atoms with Crippen molar-refractivity contribution in [1.29, 1.82) is 0 Å². The van der Waals surface area contributed by atoms with Crippen LogP contribution in [-0.2, 0) is 22.4 Å². The number of hydrogen-bond donors (Lipinski definition) is 0. The van der Waals surface area contributed by atoms with Crippen LogP contribution in [0.15, 0.2) is 61.8 Å². The number of ether oxygens (including phenoxy) is 1. The largest absolute Gasteiger partial charge is 0.465 e. The Labute approximate surface area is 176 Å². The van der Waals surface area contributed by atoms with Crippen LogP contribution in [0.5, 0.6) is 0 Å². The van der Waals surface area contributed by atoms with Crippen LogP contribution in [0.4, 0.5) is 0 Å². The minimum atomic E-state index is -0.307. The number of aryl methyl sites for hydroxylation is 2. The predicted octanol–water partition coefficient (Wildman–Crippen LogP) is 5.27. The zero-order valence-corrected chi connectivity index (χ0v) is 17.4. The quantitative estimate of drug-likeness (QED) is 0.353. The van der Waals surface area contributed by atoms with Gasteiger partial charge in [0.2, 0.25) is 11.8 Å². The number of aromatic nitrogens is 2. The maximum Gasteiger partial charge on any atom is 0.306 e. The summed E-state index contributed by atoms with van der Waals surface area (Å²) in [7, 11) is 0. The molecule has 0 N–H and O–H groups in total. The van der Waals surface area contributed by atoms with Crippen LogP contribution in [0.1, 0.15) is 23.6 Å². The zero-order valence-electron chi connectivity index (χ0n) is 15.9. The van der Waals surface area contributed by atoms with Gasteiger partial charge in [-0.2, -0.15) is 0 Å². The lowest BCUT2D eigenvalue weighted by molar-refractivity contribution is -0.143. The molecule has 2 heterocycles. The smallest absolute Gasteiger partial charge is 0.306 e. The monoisotopic (exact) mass is 454 g/mol. The summed E-state index contributed by atoms with van der Waals surface area (Å²) in [6, 6.07) is 15.6. The Hall–Kier alpha value is -2.93. The van der Waals surface area contributed by atoms with Crippen molar-refractivity contribution in [3.05, 3.63) is 70.2 Å². The number of rotatable bonds is 7. The molecule has 0 aliphatic carbocycles. The van der Waals surface area contributed by atoms with E-state index in [2.05, 4.69) is 26.1 Å². The number of carbonyl (C=O) groups excluding carboxylic acids is 1. The summed E-state index contributed by atoms with van der Waals surface area (Å²) in [6.07, 6.45) is 1.05. The summed E-state index contributed by atoms with van der Waals surface area (Å²) < 4.78 is 17.7. The summed E-state index contributed by atoms with van der Waals surface area (Å²) >= 11 is 3.44. The molecule has 0 aliphatic rings. The fraction of sp³-hybridized carbons (Fsp3) is 0.227. The van der Waals surface area contributed by atoms with Gasteiger partial charge in [0.1, 0.15) is 11.3 Å². The topological polar surface area (TPSA) is 78.4 Å². The van der Waals surface area contributed by atoms with Gasteiger partial charge in [-0.3, -0.25) is 4.79 Å². The highest BCUT2D eigenvalue weighted by atomic mass is 79.9. The van der Waals surface area contributed by atoms with Crippen LogP contribution in [0.3, 0.4) is 0 Å². The van der Waals surface area contributed by atoms with E-state index in [1.165, 1.54) is 0 Å². The second kappa shape index (κ2) is 8.61. The Balaban J connectivity index is 1.24. The van der Waals surface area contributed by atoms with Crippen molar-refractivity contribution in [1.82, 2.24) is 10.2 Å². The molecule has 7 heteroatoms. The Morgan fingerprint density at radius 1 is 1.03 bits per heavy atom. The second-order valence-electron chi connectivity index (χ2n) is 6.73. The van der Waals surface area contributed by atoms with Gasteiger partial charge in [-0.15, -0.1) is 10.2 Å². The Bertz CT molecular complexity index is 1130. The van der Waals surface area contributed by atoms with E-state index in [0.29, 0.717) is 24.6 Å². The number of nitrogens with zero attached hydrogens (tertiary/aromatic N) is 2. The highest BCUT2D eigenvalue weighted by molar-refractivity contribution is 9.10. The lowest BCUT2D eigenvalue weighted by Gasteiger charge is -2.02. The van der Waals surface area contributed by atoms with Crippen molar-refractivity contribution in [3.63, 3.8) is 0 Å². The number of esters is 1. The molecule has 0 amide bonds. The van der Waals surface area contributed by atoms with Crippen molar-refractivity contribution in [2.75, 3.05) is 6.61 Å². The van der Waals surface area contributed by atoms with Gasteiger partial charge in [-0.1, -0.05) is 33.6 Å². The lowest BCUT2D eigenvalue weighted by Crippen LogP contribution is -2.08. The first kappa shape index (κ1) is 19.4. The average molecular weight is 455 g/mol. The molecule has 2 aromatic carbocycles. The Morgan fingerprint density at radius 2 is 1.86 bits per heavy atom. The molecule has 4 aromatic rings. The standard InChI is InChI=1S/C22H19BrN2O4/c1-14-2-4-15(5-3-14)22-25-24-20(29-22)8-9-21(26)27-11-10-18-13-16-12-17(23)6-7-19(16)28-18/h2-7,12-13H,8-11H2,1H3. The third-order valence-electron chi connectivity index (χ3n) is 4.45. The van der Waals surface area contributed by atoms with Crippen molar-refractivity contribution in [2.45, 2.75) is 26.2 Å². The van der Waals surface area contributed by atoms with Gasteiger partial charge in [0.25, 0.3) is 0 Å². The molecule has 0 saturated carbocycles. The van der Waals surface area contributed by atoms with Crippen molar-refractivity contribution < 1.29 is 18.4 Å². The molecule has 0 spiro atoms. The SMILES string of the molecule is Cc1ccc(-c2nnc(CCC(=O)OCCc3cc4cc(Br)ccc4o3)o2)cc1. The van der Waals surface area contributed by atoms with Crippen molar-refractivity contribution in [3.8, 4) is 11.5 Å². The molecule has 29 heavy (non-hydrogen) atoms. The van der Waals surface area contributed by atoms with E-state index < -0.39 is 0 Å². The third kappa shape index (κ3) is 4.92. The molecular weight excluding hydrogens is 436 g/mol. The lowest BCUT2D eigenvalue weighted by atomic mass is 10.1. The zero-order chi connectivity index (χ0) is 20.2. The van der Waals surface area contributed by atoms with E-state index in [4.69, 9.17) is 13.6 Å². The maximum absolute atomic E-state index is 12.0. The van der Waals surface area contributed by atoms with Crippen LogP contribution in [0.2, 0.25) is 0 Å². The minimum Gasteiger partial charge on any atom is -0.465 e. The first-order valence-corrected chi connectivity index (χ1v) is 10.1. The van der Waals surface area contributed by atoms with E-state index >= 15 is 0 Å². The number of halogens is 1. The molecular formula is C22H19BrN2O4. The second-order valence-corrected chi connectivity index (χ2v) is 7.65. The minimum absolute atomic E-state index is 0.183. The van der Waals surface area contributed by atoms with Gasteiger partial charge >= 0.3 is 5.97 Å². The third-order valence-corrected chi connectivity index (χ3v) is 4.94. The molecule has 2 aromatic heterocycles. The van der Waals surface area contributed by atoms with E-state index in [-0.39, 0.29) is 19.0 Å². The normalized spacial score (nSPS) is 11.1. The molecule has 0 radical (unpaired) electrons. The maximum atomic E-state index is 12.0. The molecule has 148 valence electrons. The first-order valence-electron chi connectivity index (χ1n) is 9.30. The van der Waals surface area contributed by atoms with E-state index in [9.17, 15) is 4.79 Å². The van der Waals surface area contributed by atoms with Gasteiger partial charge in [0, 0.05) is 28.3 Å². The molecule has 0 bridgehead atoms.